The lowest BCUT2D eigenvalue weighted by Crippen LogP contribution is -2.28. The zero-order valence-corrected chi connectivity index (χ0v) is 14.6. The Bertz CT molecular complexity index is 854. The van der Waals surface area contributed by atoms with Gasteiger partial charge in [0.2, 0.25) is 5.91 Å². The van der Waals surface area contributed by atoms with Crippen LogP contribution in [0, 0.1) is 41.0 Å². The van der Waals surface area contributed by atoms with Crippen LogP contribution in [0.2, 0.25) is 0 Å². The Morgan fingerprint density at radius 2 is 1.81 bits per heavy atom. The molecule has 0 aliphatic rings. The first-order valence-electron chi connectivity index (χ1n) is 7.84. The van der Waals surface area contributed by atoms with Crippen LogP contribution in [0.25, 0.3) is 0 Å². The summed E-state index contributed by atoms with van der Waals surface area (Å²) in [5.74, 6) is -0.507. The quantitative estimate of drug-likeness (QED) is 0.542. The van der Waals surface area contributed by atoms with Crippen molar-refractivity contribution in [2.75, 3.05) is 6.54 Å². The predicted octanol–water partition coefficient (Wildman–Crippen LogP) is 1.03. The molecule has 0 saturated heterocycles. The highest BCUT2D eigenvalue weighted by Gasteiger charge is 2.21. The van der Waals surface area contributed by atoms with Crippen molar-refractivity contribution in [3.8, 4) is 0 Å². The van der Waals surface area contributed by atoms with Crippen LogP contribution >= 0.6 is 0 Å². The number of amides is 1. The Morgan fingerprint density at radius 3 is 2.35 bits per heavy atom. The number of rotatable bonds is 8. The SMILES string of the molecule is Cc1nn(CCNC(=O)CCn2nc([N+](=O)[O-])cc2C)c(C)c1[N+](=O)[O-]. The van der Waals surface area contributed by atoms with Crippen molar-refractivity contribution in [3.63, 3.8) is 0 Å². The third-order valence-electron chi connectivity index (χ3n) is 3.88. The number of nitro groups is 2. The van der Waals surface area contributed by atoms with Crippen molar-refractivity contribution in [3.05, 3.63) is 43.4 Å². The van der Waals surface area contributed by atoms with Gasteiger partial charge < -0.3 is 15.4 Å². The van der Waals surface area contributed by atoms with Gasteiger partial charge in [-0.2, -0.15) is 9.78 Å². The van der Waals surface area contributed by atoms with Crippen LogP contribution in [0.15, 0.2) is 6.07 Å². The van der Waals surface area contributed by atoms with Crippen LogP contribution in [-0.4, -0.2) is 41.9 Å². The second-order valence-electron chi connectivity index (χ2n) is 5.72. The maximum Gasteiger partial charge on any atom is 0.390 e. The summed E-state index contributed by atoms with van der Waals surface area (Å²) in [6.07, 6.45) is 0.108. The number of hydrogen-bond acceptors (Lipinski definition) is 7. The van der Waals surface area contributed by atoms with Crippen LogP contribution in [0.3, 0.4) is 0 Å². The fourth-order valence-corrected chi connectivity index (χ4v) is 2.57. The van der Waals surface area contributed by atoms with Gasteiger partial charge in [0.25, 0.3) is 0 Å². The molecule has 0 aliphatic heterocycles. The second kappa shape index (κ2) is 7.72. The molecule has 140 valence electrons. The first kappa shape index (κ1) is 19.0. The van der Waals surface area contributed by atoms with Gasteiger partial charge in [-0.25, -0.2) is 0 Å². The van der Waals surface area contributed by atoms with Crippen molar-refractivity contribution in [2.24, 2.45) is 0 Å². The average Bonchev–Trinajstić information content (AvgIpc) is 3.05. The average molecular weight is 365 g/mol. The van der Waals surface area contributed by atoms with Gasteiger partial charge in [0, 0.05) is 13.0 Å². The molecule has 0 fully saturated rings. The number of aryl methyl sites for hydroxylation is 3. The molecule has 2 aromatic rings. The van der Waals surface area contributed by atoms with Gasteiger partial charge >= 0.3 is 11.5 Å². The molecule has 0 saturated carbocycles. The molecule has 2 aromatic heterocycles. The minimum Gasteiger partial charge on any atom is -0.358 e. The molecule has 2 heterocycles. The van der Waals surface area contributed by atoms with Gasteiger partial charge in [-0.1, -0.05) is 0 Å². The highest BCUT2D eigenvalue weighted by atomic mass is 16.6. The minimum absolute atomic E-state index is 0.0212. The molecule has 0 unspecified atom stereocenters. The highest BCUT2D eigenvalue weighted by molar-refractivity contribution is 5.75. The number of carbonyl (C=O) groups excluding carboxylic acids is 1. The highest BCUT2D eigenvalue weighted by Crippen LogP contribution is 2.21. The molecule has 2 rings (SSSR count). The summed E-state index contributed by atoms with van der Waals surface area (Å²) < 4.78 is 2.89. The van der Waals surface area contributed by atoms with E-state index in [0.29, 0.717) is 23.6 Å². The topological polar surface area (TPSA) is 151 Å². The van der Waals surface area contributed by atoms with E-state index in [4.69, 9.17) is 0 Å². The Kier molecular flexibility index (Phi) is 5.64. The van der Waals surface area contributed by atoms with E-state index in [0.717, 1.165) is 0 Å². The smallest absolute Gasteiger partial charge is 0.358 e. The monoisotopic (exact) mass is 365 g/mol. The molecule has 0 bridgehead atoms. The molecular weight excluding hydrogens is 346 g/mol. The number of carbonyl (C=O) groups is 1. The fourth-order valence-electron chi connectivity index (χ4n) is 2.57. The van der Waals surface area contributed by atoms with Crippen molar-refractivity contribution in [1.82, 2.24) is 24.9 Å². The molecule has 0 radical (unpaired) electrons. The number of hydrogen-bond donors (Lipinski definition) is 1. The predicted molar refractivity (Wildman–Crippen MR) is 89.6 cm³/mol. The minimum atomic E-state index is -0.586. The molecular formula is C14H19N7O5. The van der Waals surface area contributed by atoms with Gasteiger partial charge in [0.1, 0.15) is 11.4 Å². The van der Waals surface area contributed by atoms with Gasteiger partial charge in [0.15, 0.2) is 0 Å². The maximum atomic E-state index is 11.9. The van der Waals surface area contributed by atoms with E-state index in [2.05, 4.69) is 15.5 Å². The fraction of sp³-hybridized carbons (Fsp3) is 0.500. The van der Waals surface area contributed by atoms with Crippen molar-refractivity contribution in [1.29, 1.82) is 0 Å². The zero-order chi connectivity index (χ0) is 19.4. The van der Waals surface area contributed by atoms with Crippen LogP contribution < -0.4 is 5.32 Å². The maximum absolute atomic E-state index is 11.9. The number of nitrogens with zero attached hydrogens (tertiary/aromatic N) is 6. The van der Waals surface area contributed by atoms with E-state index >= 15 is 0 Å². The van der Waals surface area contributed by atoms with Crippen molar-refractivity contribution < 1.29 is 14.6 Å². The molecule has 0 aliphatic carbocycles. The van der Waals surface area contributed by atoms with E-state index in [1.807, 2.05) is 0 Å². The van der Waals surface area contributed by atoms with E-state index in [1.165, 1.54) is 15.4 Å². The first-order valence-corrected chi connectivity index (χ1v) is 7.84. The Hall–Kier alpha value is -3.31. The molecule has 12 nitrogen and oxygen atoms in total. The Balaban J connectivity index is 1.84. The molecule has 0 spiro atoms. The third kappa shape index (κ3) is 4.20. The van der Waals surface area contributed by atoms with E-state index in [1.54, 1.807) is 20.8 Å². The number of aromatic nitrogens is 4. The van der Waals surface area contributed by atoms with Gasteiger partial charge in [0.05, 0.1) is 34.9 Å². The van der Waals surface area contributed by atoms with E-state index in [-0.39, 0.29) is 36.9 Å². The van der Waals surface area contributed by atoms with Crippen molar-refractivity contribution in [2.45, 2.75) is 40.3 Å². The zero-order valence-electron chi connectivity index (χ0n) is 14.6. The van der Waals surface area contributed by atoms with Gasteiger partial charge in [-0.3, -0.25) is 19.6 Å². The van der Waals surface area contributed by atoms with Crippen LogP contribution in [0.1, 0.15) is 23.5 Å². The summed E-state index contributed by atoms with van der Waals surface area (Å²) in [7, 11) is 0. The van der Waals surface area contributed by atoms with Gasteiger partial charge in [-0.15, -0.1) is 0 Å². The van der Waals surface area contributed by atoms with Crippen LogP contribution in [0.4, 0.5) is 11.5 Å². The number of nitrogens with one attached hydrogen (secondary N) is 1. The molecule has 0 aromatic carbocycles. The van der Waals surface area contributed by atoms with Crippen LogP contribution in [-0.2, 0) is 17.9 Å². The van der Waals surface area contributed by atoms with Crippen LogP contribution in [0.5, 0.6) is 0 Å². The summed E-state index contributed by atoms with van der Waals surface area (Å²) in [5, 5.41) is 32.2. The normalized spacial score (nSPS) is 10.7. The van der Waals surface area contributed by atoms with E-state index < -0.39 is 9.85 Å². The van der Waals surface area contributed by atoms with Crippen molar-refractivity contribution >= 4 is 17.4 Å². The molecule has 26 heavy (non-hydrogen) atoms. The standard InChI is InChI=1S/C14H19N7O5/c1-9-8-12(20(23)24)17-18(9)6-4-13(22)15-5-7-19-11(3)14(21(25)26)10(2)16-19/h8H,4-7H2,1-3H3,(H,15,22). The molecule has 12 heteroatoms. The molecule has 1 amide bonds. The second-order valence-corrected chi connectivity index (χ2v) is 5.72. The lowest BCUT2D eigenvalue weighted by Gasteiger charge is -2.06. The summed E-state index contributed by atoms with van der Waals surface area (Å²) in [6, 6.07) is 1.34. The lowest BCUT2D eigenvalue weighted by atomic mass is 10.3. The Labute approximate surface area is 148 Å². The summed E-state index contributed by atoms with van der Waals surface area (Å²) in [6.45, 7) is 5.62. The molecule has 0 atom stereocenters. The molecule has 1 N–H and O–H groups in total. The third-order valence-corrected chi connectivity index (χ3v) is 3.88. The van der Waals surface area contributed by atoms with Gasteiger partial charge in [-0.05, 0) is 25.7 Å². The summed E-state index contributed by atoms with van der Waals surface area (Å²) >= 11 is 0. The lowest BCUT2D eigenvalue weighted by molar-refractivity contribution is -0.389. The summed E-state index contributed by atoms with van der Waals surface area (Å²) in [4.78, 5) is 32.5. The summed E-state index contributed by atoms with van der Waals surface area (Å²) in [5.41, 5.74) is 1.34. The Morgan fingerprint density at radius 1 is 1.12 bits per heavy atom. The largest absolute Gasteiger partial charge is 0.390 e. The first-order chi connectivity index (χ1) is 12.2. The van der Waals surface area contributed by atoms with E-state index in [9.17, 15) is 25.0 Å².